The summed E-state index contributed by atoms with van der Waals surface area (Å²) in [5.74, 6) is -0.586. The van der Waals surface area contributed by atoms with E-state index in [0.29, 0.717) is 16.9 Å². The van der Waals surface area contributed by atoms with Crippen LogP contribution in [0.1, 0.15) is 26.3 Å². The minimum absolute atomic E-state index is 0.189. The Balaban J connectivity index is 2.23. The number of carbonyl (C=O) groups excluding carboxylic acids is 2. The number of nitriles is 1. The van der Waals surface area contributed by atoms with Crippen LogP contribution in [0.3, 0.4) is 0 Å². The molecule has 21 heavy (non-hydrogen) atoms. The fourth-order valence-corrected chi connectivity index (χ4v) is 2.40. The van der Waals surface area contributed by atoms with Crippen LogP contribution in [0.15, 0.2) is 42.5 Å². The molecule has 5 nitrogen and oxygen atoms in total. The van der Waals surface area contributed by atoms with Gasteiger partial charge in [-0.05, 0) is 24.3 Å². The molecule has 0 unspecified atom stereocenters. The number of carbonyl (C=O) groups is 2. The topological polar surface area (TPSA) is 70.4 Å². The first-order valence-electron chi connectivity index (χ1n) is 6.24. The lowest BCUT2D eigenvalue weighted by molar-refractivity contribution is 0.0925. The van der Waals surface area contributed by atoms with Crippen LogP contribution in [0.4, 0.5) is 5.69 Å². The monoisotopic (exact) mass is 278 g/mol. The lowest BCUT2D eigenvalue weighted by Gasteiger charge is -2.18. The number of ether oxygens (including phenoxy) is 1. The van der Waals surface area contributed by atoms with Crippen molar-refractivity contribution >= 4 is 17.5 Å². The van der Waals surface area contributed by atoms with E-state index in [1.54, 1.807) is 42.5 Å². The van der Waals surface area contributed by atoms with Crippen LogP contribution in [0.2, 0.25) is 0 Å². The average Bonchev–Trinajstić information content (AvgIpc) is 2.78. The lowest BCUT2D eigenvalue weighted by atomic mass is 10.1. The highest BCUT2D eigenvalue weighted by atomic mass is 16.5. The zero-order chi connectivity index (χ0) is 15.0. The Hall–Kier alpha value is -3.13. The Labute approximate surface area is 121 Å². The zero-order valence-corrected chi connectivity index (χ0v) is 11.2. The van der Waals surface area contributed by atoms with Gasteiger partial charge in [-0.2, -0.15) is 5.26 Å². The number of imide groups is 1. The predicted molar refractivity (Wildman–Crippen MR) is 75.3 cm³/mol. The maximum absolute atomic E-state index is 12.5. The van der Waals surface area contributed by atoms with Gasteiger partial charge in [0.05, 0.1) is 23.8 Å². The molecule has 102 valence electrons. The molecular weight excluding hydrogens is 268 g/mol. The first-order chi connectivity index (χ1) is 10.2. The summed E-state index contributed by atoms with van der Waals surface area (Å²) in [6, 6.07) is 13.4. The summed E-state index contributed by atoms with van der Waals surface area (Å²) < 4.78 is 5.20. The summed E-state index contributed by atoms with van der Waals surface area (Å²) >= 11 is 0. The molecule has 0 saturated heterocycles. The van der Waals surface area contributed by atoms with E-state index >= 15 is 0 Å². The predicted octanol–water partition coefficient (Wildman–Crippen LogP) is 2.37. The SMILES string of the molecule is COc1cccc(C#N)c1N1C(=O)c2ccccc2C1=O. The van der Waals surface area contributed by atoms with Crippen molar-refractivity contribution in [2.75, 3.05) is 12.0 Å². The Morgan fingerprint density at radius 3 is 2.14 bits per heavy atom. The summed E-state index contributed by atoms with van der Waals surface area (Å²) in [5.41, 5.74) is 1.06. The van der Waals surface area contributed by atoms with Crippen LogP contribution in [0.5, 0.6) is 5.75 Å². The van der Waals surface area contributed by atoms with Crippen LogP contribution in [0.25, 0.3) is 0 Å². The highest BCUT2D eigenvalue weighted by molar-refractivity contribution is 6.35. The number of hydrogen-bond acceptors (Lipinski definition) is 4. The summed E-state index contributed by atoms with van der Waals surface area (Å²) in [4.78, 5) is 26.0. The minimum atomic E-state index is -0.448. The highest BCUT2D eigenvalue weighted by Crippen LogP contribution is 2.37. The van der Waals surface area contributed by atoms with Crippen LogP contribution in [0, 0.1) is 11.3 Å². The summed E-state index contributed by atoms with van der Waals surface area (Å²) in [6.07, 6.45) is 0. The Morgan fingerprint density at radius 2 is 1.62 bits per heavy atom. The van der Waals surface area contributed by atoms with E-state index in [2.05, 4.69) is 0 Å². The van der Waals surface area contributed by atoms with Crippen molar-refractivity contribution in [3.05, 3.63) is 59.2 Å². The molecule has 2 aromatic rings. The molecule has 1 heterocycles. The molecule has 0 atom stereocenters. The number of nitrogens with zero attached hydrogens (tertiary/aromatic N) is 2. The van der Waals surface area contributed by atoms with Gasteiger partial charge in [0.1, 0.15) is 17.5 Å². The number of hydrogen-bond donors (Lipinski definition) is 0. The van der Waals surface area contributed by atoms with Gasteiger partial charge in [-0.25, -0.2) is 4.90 Å². The standard InChI is InChI=1S/C16H10N2O3/c1-21-13-8-4-5-10(9-17)14(13)18-15(19)11-6-2-3-7-12(11)16(18)20/h2-8H,1H3. The number of rotatable bonds is 2. The van der Waals surface area contributed by atoms with E-state index in [4.69, 9.17) is 4.74 Å². The third-order valence-corrected chi connectivity index (χ3v) is 3.36. The van der Waals surface area contributed by atoms with Crippen LogP contribution < -0.4 is 9.64 Å². The van der Waals surface area contributed by atoms with Gasteiger partial charge < -0.3 is 4.74 Å². The summed E-state index contributed by atoms with van der Waals surface area (Å²) in [7, 11) is 1.43. The second kappa shape index (κ2) is 4.76. The minimum Gasteiger partial charge on any atom is -0.495 e. The van der Waals surface area contributed by atoms with Crippen molar-refractivity contribution in [3.8, 4) is 11.8 Å². The normalized spacial score (nSPS) is 13.0. The van der Waals surface area contributed by atoms with Gasteiger partial charge in [0, 0.05) is 0 Å². The van der Waals surface area contributed by atoms with Crippen LogP contribution >= 0.6 is 0 Å². The number of fused-ring (bicyclic) bond motifs is 1. The smallest absolute Gasteiger partial charge is 0.266 e. The third kappa shape index (κ3) is 1.77. The van der Waals surface area contributed by atoms with Gasteiger partial charge in [0.25, 0.3) is 11.8 Å². The molecule has 1 aliphatic rings. The first kappa shape index (κ1) is 12.9. The molecule has 0 aliphatic carbocycles. The van der Waals surface area contributed by atoms with E-state index in [1.807, 2.05) is 6.07 Å². The third-order valence-electron chi connectivity index (χ3n) is 3.36. The molecule has 0 bridgehead atoms. The Morgan fingerprint density at radius 1 is 1.00 bits per heavy atom. The van der Waals surface area contributed by atoms with Crippen molar-refractivity contribution in [1.82, 2.24) is 0 Å². The van der Waals surface area contributed by atoms with Gasteiger partial charge in [0.15, 0.2) is 0 Å². The quantitative estimate of drug-likeness (QED) is 0.791. The molecule has 0 aromatic heterocycles. The largest absolute Gasteiger partial charge is 0.495 e. The van der Waals surface area contributed by atoms with Crippen LogP contribution in [-0.2, 0) is 0 Å². The number of amides is 2. The molecule has 2 aromatic carbocycles. The molecule has 0 fully saturated rings. The van der Waals surface area contributed by atoms with Crippen molar-refractivity contribution in [3.63, 3.8) is 0 Å². The Bertz CT molecular complexity index is 770. The molecular formula is C16H10N2O3. The molecule has 1 aliphatic heterocycles. The van der Waals surface area contributed by atoms with E-state index in [1.165, 1.54) is 7.11 Å². The second-order valence-corrected chi connectivity index (χ2v) is 4.46. The fourth-order valence-electron chi connectivity index (χ4n) is 2.40. The van der Waals surface area contributed by atoms with E-state index in [9.17, 15) is 14.9 Å². The van der Waals surface area contributed by atoms with Crippen molar-refractivity contribution in [2.24, 2.45) is 0 Å². The van der Waals surface area contributed by atoms with Gasteiger partial charge in [0.2, 0.25) is 0 Å². The van der Waals surface area contributed by atoms with Gasteiger partial charge in [-0.1, -0.05) is 18.2 Å². The van der Waals surface area contributed by atoms with Crippen LogP contribution in [-0.4, -0.2) is 18.9 Å². The highest BCUT2D eigenvalue weighted by Gasteiger charge is 2.38. The number of methoxy groups -OCH3 is 1. The molecule has 5 heteroatoms. The average molecular weight is 278 g/mol. The molecule has 2 amide bonds. The lowest BCUT2D eigenvalue weighted by Crippen LogP contribution is -2.30. The van der Waals surface area contributed by atoms with Gasteiger partial charge in [-0.3, -0.25) is 9.59 Å². The number of benzene rings is 2. The van der Waals surface area contributed by atoms with E-state index in [-0.39, 0.29) is 11.3 Å². The van der Waals surface area contributed by atoms with E-state index < -0.39 is 11.8 Å². The summed E-state index contributed by atoms with van der Waals surface area (Å²) in [6.45, 7) is 0. The van der Waals surface area contributed by atoms with Gasteiger partial charge >= 0.3 is 0 Å². The first-order valence-corrected chi connectivity index (χ1v) is 6.24. The van der Waals surface area contributed by atoms with Gasteiger partial charge in [-0.15, -0.1) is 0 Å². The molecule has 0 N–H and O–H groups in total. The fraction of sp³-hybridized carbons (Fsp3) is 0.0625. The maximum atomic E-state index is 12.5. The number of para-hydroxylation sites is 1. The molecule has 0 radical (unpaired) electrons. The summed E-state index contributed by atoms with van der Waals surface area (Å²) in [5, 5.41) is 9.23. The van der Waals surface area contributed by atoms with Crippen molar-refractivity contribution in [1.29, 1.82) is 5.26 Å². The van der Waals surface area contributed by atoms with E-state index in [0.717, 1.165) is 4.90 Å². The van der Waals surface area contributed by atoms with Crippen molar-refractivity contribution < 1.29 is 14.3 Å². The molecule has 0 saturated carbocycles. The van der Waals surface area contributed by atoms with Crippen molar-refractivity contribution in [2.45, 2.75) is 0 Å². The zero-order valence-electron chi connectivity index (χ0n) is 11.2. The number of anilines is 1. The molecule has 3 rings (SSSR count). The maximum Gasteiger partial charge on any atom is 0.266 e. The molecule has 0 spiro atoms. The second-order valence-electron chi connectivity index (χ2n) is 4.46. The Kier molecular flexibility index (Phi) is 2.92.